The second kappa shape index (κ2) is 7.50. The lowest BCUT2D eigenvalue weighted by Crippen LogP contribution is -2.56. The van der Waals surface area contributed by atoms with Crippen LogP contribution in [0.2, 0.25) is 0 Å². The number of amides is 5. The smallest absolute Gasteiger partial charge is 0.315 e. The van der Waals surface area contributed by atoms with E-state index >= 15 is 0 Å². The van der Waals surface area contributed by atoms with E-state index in [4.69, 9.17) is 5.73 Å². The molecule has 2 fully saturated rings. The van der Waals surface area contributed by atoms with Crippen molar-refractivity contribution in [2.45, 2.75) is 51.2 Å². The van der Waals surface area contributed by atoms with Crippen molar-refractivity contribution in [3.8, 4) is 0 Å². The third kappa shape index (κ3) is 4.15. The van der Waals surface area contributed by atoms with Gasteiger partial charge in [-0.25, -0.2) is 4.79 Å². The summed E-state index contributed by atoms with van der Waals surface area (Å²) >= 11 is 0. The van der Waals surface area contributed by atoms with Crippen LogP contribution in [0.5, 0.6) is 0 Å². The Balaban J connectivity index is 2.06. The predicted octanol–water partition coefficient (Wildman–Crippen LogP) is -1.32. The maximum Gasteiger partial charge on any atom is 0.315 e. The Kier molecular flexibility index (Phi) is 5.63. The van der Waals surface area contributed by atoms with E-state index in [0.717, 1.165) is 0 Å². The molecule has 0 aromatic carbocycles. The number of carbonyl (C=O) groups is 4. The fourth-order valence-electron chi connectivity index (χ4n) is 3.10. The highest BCUT2D eigenvalue weighted by atomic mass is 16.2. The fourth-order valence-corrected chi connectivity index (χ4v) is 3.10. The van der Waals surface area contributed by atoms with Crippen molar-refractivity contribution >= 4 is 23.8 Å². The zero-order valence-electron chi connectivity index (χ0n) is 14.0. The van der Waals surface area contributed by atoms with E-state index in [0.29, 0.717) is 25.8 Å². The molecule has 134 valence electrons. The van der Waals surface area contributed by atoms with E-state index in [-0.39, 0.29) is 18.4 Å². The first-order valence-electron chi connectivity index (χ1n) is 8.24. The first-order chi connectivity index (χ1) is 11.3. The molecule has 5 amide bonds. The van der Waals surface area contributed by atoms with Gasteiger partial charge >= 0.3 is 6.03 Å². The molecule has 3 unspecified atom stereocenters. The van der Waals surface area contributed by atoms with E-state index in [2.05, 4.69) is 16.0 Å². The summed E-state index contributed by atoms with van der Waals surface area (Å²) in [6, 6.07) is -2.47. The molecule has 24 heavy (non-hydrogen) atoms. The number of carbonyl (C=O) groups excluding carboxylic acids is 4. The molecular weight excluding hydrogens is 314 g/mol. The minimum absolute atomic E-state index is 0.171. The highest BCUT2D eigenvalue weighted by Gasteiger charge is 2.38. The number of hydrogen-bond acceptors (Lipinski definition) is 4. The molecule has 0 spiro atoms. The molecule has 5 N–H and O–H groups in total. The van der Waals surface area contributed by atoms with Gasteiger partial charge in [0, 0.05) is 13.1 Å². The molecule has 0 aliphatic carbocycles. The van der Waals surface area contributed by atoms with Crippen LogP contribution in [-0.4, -0.2) is 59.9 Å². The normalized spacial score (nSPS) is 24.5. The molecule has 2 saturated heterocycles. The van der Waals surface area contributed by atoms with Gasteiger partial charge in [-0.05, 0) is 25.2 Å². The van der Waals surface area contributed by atoms with Gasteiger partial charge < -0.3 is 26.6 Å². The Morgan fingerprint density at radius 2 is 2.08 bits per heavy atom. The Bertz CT molecular complexity index is 536. The fraction of sp³-hybridized carbons (Fsp3) is 0.733. The Morgan fingerprint density at radius 3 is 2.62 bits per heavy atom. The third-order valence-electron chi connectivity index (χ3n) is 4.27. The summed E-state index contributed by atoms with van der Waals surface area (Å²) in [6.45, 7) is 4.53. The molecule has 2 aliphatic heterocycles. The zero-order chi connectivity index (χ0) is 17.9. The van der Waals surface area contributed by atoms with Crippen LogP contribution in [0, 0.1) is 5.92 Å². The van der Waals surface area contributed by atoms with Crippen molar-refractivity contribution in [1.82, 2.24) is 20.9 Å². The van der Waals surface area contributed by atoms with Crippen molar-refractivity contribution < 1.29 is 19.2 Å². The molecule has 3 atom stereocenters. The van der Waals surface area contributed by atoms with Crippen LogP contribution >= 0.6 is 0 Å². The quantitative estimate of drug-likeness (QED) is 0.477. The number of nitrogens with two attached hydrogens (primary N) is 1. The molecular formula is C15H25N5O4. The van der Waals surface area contributed by atoms with Crippen molar-refractivity contribution in [2.75, 3.05) is 13.1 Å². The van der Waals surface area contributed by atoms with Crippen LogP contribution in [0.25, 0.3) is 0 Å². The van der Waals surface area contributed by atoms with Gasteiger partial charge in [0.2, 0.25) is 17.7 Å². The van der Waals surface area contributed by atoms with Crippen LogP contribution in [0.15, 0.2) is 0 Å². The van der Waals surface area contributed by atoms with Crippen LogP contribution in [0.4, 0.5) is 4.79 Å². The second-order valence-corrected chi connectivity index (χ2v) is 6.69. The Morgan fingerprint density at radius 1 is 1.38 bits per heavy atom. The number of nitrogens with zero attached hydrogens (tertiary/aromatic N) is 1. The van der Waals surface area contributed by atoms with Crippen LogP contribution in [0.3, 0.4) is 0 Å². The molecule has 0 aromatic heterocycles. The van der Waals surface area contributed by atoms with Gasteiger partial charge in [0.1, 0.15) is 18.1 Å². The van der Waals surface area contributed by atoms with E-state index in [1.807, 2.05) is 13.8 Å². The highest BCUT2D eigenvalue weighted by molar-refractivity contribution is 5.95. The van der Waals surface area contributed by atoms with Gasteiger partial charge in [0.15, 0.2) is 0 Å². The number of likely N-dealkylation sites (tertiary alicyclic amines) is 1. The monoisotopic (exact) mass is 339 g/mol. The van der Waals surface area contributed by atoms with Crippen LogP contribution < -0.4 is 21.7 Å². The molecule has 0 bridgehead atoms. The highest BCUT2D eigenvalue weighted by Crippen LogP contribution is 2.20. The molecule has 9 heteroatoms. The summed E-state index contributed by atoms with van der Waals surface area (Å²) in [5, 5.41) is 7.70. The first-order valence-corrected chi connectivity index (χ1v) is 8.24. The molecule has 2 heterocycles. The standard InChI is InChI=1S/C15H25N5O4/c1-8(2)6-9(18-13(22)10-7-17-15(24)19-10)14(23)20-5-3-4-11(20)12(16)21/h8-11H,3-7H2,1-2H3,(H2,16,21)(H,18,22)(H2,17,19,24). The average Bonchev–Trinajstić information content (AvgIpc) is 3.13. The predicted molar refractivity (Wildman–Crippen MR) is 85.6 cm³/mol. The van der Waals surface area contributed by atoms with E-state index in [9.17, 15) is 19.2 Å². The minimum Gasteiger partial charge on any atom is -0.368 e. The maximum atomic E-state index is 12.8. The third-order valence-corrected chi connectivity index (χ3v) is 4.27. The molecule has 9 nitrogen and oxygen atoms in total. The number of primary amides is 1. The lowest BCUT2D eigenvalue weighted by Gasteiger charge is -2.29. The van der Waals surface area contributed by atoms with Gasteiger partial charge in [-0.15, -0.1) is 0 Å². The van der Waals surface area contributed by atoms with Crippen molar-refractivity contribution in [3.05, 3.63) is 0 Å². The number of rotatable bonds is 6. The van der Waals surface area contributed by atoms with Gasteiger partial charge in [-0.1, -0.05) is 13.8 Å². The maximum absolute atomic E-state index is 12.8. The van der Waals surface area contributed by atoms with Gasteiger partial charge in [-0.3, -0.25) is 14.4 Å². The molecule has 0 aromatic rings. The van der Waals surface area contributed by atoms with E-state index < -0.39 is 36.0 Å². The van der Waals surface area contributed by atoms with E-state index in [1.165, 1.54) is 4.90 Å². The van der Waals surface area contributed by atoms with Gasteiger partial charge in [-0.2, -0.15) is 0 Å². The SMILES string of the molecule is CC(C)CC(NC(=O)C1CNC(=O)N1)C(=O)N1CCCC1C(N)=O. The number of nitrogens with one attached hydrogen (secondary N) is 3. The first kappa shape index (κ1) is 18.0. The lowest BCUT2D eigenvalue weighted by atomic mass is 10.0. The van der Waals surface area contributed by atoms with Crippen LogP contribution in [0.1, 0.15) is 33.1 Å². The molecule has 2 rings (SSSR count). The van der Waals surface area contributed by atoms with E-state index in [1.54, 1.807) is 0 Å². The van der Waals surface area contributed by atoms with Gasteiger partial charge in [0.05, 0.1) is 0 Å². The summed E-state index contributed by atoms with van der Waals surface area (Å²) in [6.07, 6.45) is 1.71. The molecule has 2 aliphatic rings. The van der Waals surface area contributed by atoms with Gasteiger partial charge in [0.25, 0.3) is 0 Å². The number of urea groups is 1. The Hall–Kier alpha value is -2.32. The van der Waals surface area contributed by atoms with Crippen molar-refractivity contribution in [1.29, 1.82) is 0 Å². The summed E-state index contributed by atoms with van der Waals surface area (Å²) in [7, 11) is 0. The summed E-state index contributed by atoms with van der Waals surface area (Å²) < 4.78 is 0. The van der Waals surface area contributed by atoms with Crippen molar-refractivity contribution in [2.24, 2.45) is 11.7 Å². The van der Waals surface area contributed by atoms with Crippen LogP contribution in [-0.2, 0) is 14.4 Å². The summed E-state index contributed by atoms with van der Waals surface area (Å²) in [5.74, 6) is -1.06. The zero-order valence-corrected chi connectivity index (χ0v) is 14.0. The average molecular weight is 339 g/mol. The Labute approximate surface area is 140 Å². The topological polar surface area (TPSA) is 134 Å². The van der Waals surface area contributed by atoms with Crippen molar-refractivity contribution in [3.63, 3.8) is 0 Å². The number of hydrogen-bond donors (Lipinski definition) is 4. The summed E-state index contributed by atoms with van der Waals surface area (Å²) in [4.78, 5) is 49.2. The molecule has 0 saturated carbocycles. The summed E-state index contributed by atoms with van der Waals surface area (Å²) in [5.41, 5.74) is 5.37. The lowest BCUT2D eigenvalue weighted by molar-refractivity contribution is -0.141. The molecule has 0 radical (unpaired) electrons. The second-order valence-electron chi connectivity index (χ2n) is 6.69. The largest absolute Gasteiger partial charge is 0.368 e. The minimum atomic E-state index is -0.741.